The molecule has 162 valence electrons. The summed E-state index contributed by atoms with van der Waals surface area (Å²) in [6.07, 6.45) is 1.60. The van der Waals surface area contributed by atoms with Gasteiger partial charge in [-0.05, 0) is 44.7 Å². The van der Waals surface area contributed by atoms with Crippen molar-refractivity contribution in [2.45, 2.75) is 63.9 Å². The Bertz CT molecular complexity index is 794. The molecule has 0 radical (unpaired) electrons. The monoisotopic (exact) mass is 409 g/mol. The fourth-order valence-electron chi connectivity index (χ4n) is 4.01. The summed E-state index contributed by atoms with van der Waals surface area (Å²) < 4.78 is 5.63. The van der Waals surface area contributed by atoms with Crippen molar-refractivity contribution in [1.82, 2.24) is 10.2 Å². The Morgan fingerprint density at radius 1 is 1.03 bits per heavy atom. The summed E-state index contributed by atoms with van der Waals surface area (Å²) in [5.74, 6) is -0.334. The Morgan fingerprint density at radius 2 is 1.57 bits per heavy atom. The van der Waals surface area contributed by atoms with E-state index in [-0.39, 0.29) is 5.97 Å². The van der Waals surface area contributed by atoms with Crippen molar-refractivity contribution in [2.24, 2.45) is 5.73 Å². The van der Waals surface area contributed by atoms with Gasteiger partial charge in [0.05, 0.1) is 0 Å². The number of likely N-dealkylation sites (tertiary alicyclic amines) is 1. The second kappa shape index (κ2) is 9.73. The second-order valence-electron chi connectivity index (χ2n) is 9.27. The van der Waals surface area contributed by atoms with Gasteiger partial charge in [-0.15, -0.1) is 0 Å². The molecule has 2 aromatic rings. The average molecular weight is 410 g/mol. The van der Waals surface area contributed by atoms with E-state index in [0.717, 1.165) is 32.5 Å². The quantitative estimate of drug-likeness (QED) is 0.686. The van der Waals surface area contributed by atoms with Crippen LogP contribution in [0.3, 0.4) is 0 Å². The third-order valence-electron chi connectivity index (χ3n) is 5.74. The summed E-state index contributed by atoms with van der Waals surface area (Å²) in [5.41, 5.74) is 7.99. The largest absolute Gasteiger partial charge is 0.459 e. The molecule has 1 fully saturated rings. The maximum Gasteiger partial charge on any atom is 0.325 e. The molecule has 5 nitrogen and oxygen atoms in total. The van der Waals surface area contributed by atoms with Gasteiger partial charge in [0.2, 0.25) is 0 Å². The van der Waals surface area contributed by atoms with Gasteiger partial charge in [0.25, 0.3) is 0 Å². The molecule has 5 heteroatoms. The first-order valence-corrected chi connectivity index (χ1v) is 10.8. The van der Waals surface area contributed by atoms with E-state index in [1.54, 1.807) is 0 Å². The Labute approximate surface area is 180 Å². The van der Waals surface area contributed by atoms with E-state index in [4.69, 9.17) is 10.5 Å². The molecular weight excluding hydrogens is 374 g/mol. The van der Waals surface area contributed by atoms with Gasteiger partial charge in [0.15, 0.2) is 0 Å². The molecule has 1 aliphatic rings. The number of nitrogens with zero attached hydrogens (tertiary/aromatic N) is 1. The average Bonchev–Trinajstić information content (AvgIpc) is 2.73. The van der Waals surface area contributed by atoms with E-state index in [1.807, 2.05) is 45.0 Å². The van der Waals surface area contributed by atoms with Crippen LogP contribution >= 0.6 is 0 Å². The molecule has 0 saturated carbocycles. The molecule has 0 aromatic heterocycles. The zero-order valence-corrected chi connectivity index (χ0v) is 18.4. The normalized spacial score (nSPS) is 18.0. The highest BCUT2D eigenvalue weighted by molar-refractivity contribution is 5.78. The van der Waals surface area contributed by atoms with Gasteiger partial charge in [0, 0.05) is 31.7 Å². The van der Waals surface area contributed by atoms with Crippen LogP contribution in [-0.4, -0.2) is 41.1 Å². The van der Waals surface area contributed by atoms with E-state index in [9.17, 15) is 4.79 Å². The molecule has 2 aromatic carbocycles. The third-order valence-corrected chi connectivity index (χ3v) is 5.74. The molecule has 1 unspecified atom stereocenters. The lowest BCUT2D eigenvalue weighted by Gasteiger charge is -2.45. The summed E-state index contributed by atoms with van der Waals surface area (Å²) in [5, 5.41) is 3.65. The number of ether oxygens (including phenoxy) is 1. The molecule has 1 heterocycles. The van der Waals surface area contributed by atoms with Gasteiger partial charge in [-0.25, -0.2) is 0 Å². The van der Waals surface area contributed by atoms with E-state index in [1.165, 1.54) is 11.1 Å². The lowest BCUT2D eigenvalue weighted by molar-refractivity contribution is -0.159. The Hall–Kier alpha value is -2.21. The van der Waals surface area contributed by atoms with Gasteiger partial charge in [-0.2, -0.15) is 0 Å². The molecule has 1 saturated heterocycles. The van der Waals surface area contributed by atoms with Crippen molar-refractivity contribution >= 4 is 5.97 Å². The summed E-state index contributed by atoms with van der Waals surface area (Å²) in [4.78, 5) is 15.3. The molecule has 1 aliphatic heterocycles. The first kappa shape index (κ1) is 22.5. The van der Waals surface area contributed by atoms with Crippen molar-refractivity contribution in [3.05, 3.63) is 71.8 Å². The van der Waals surface area contributed by atoms with E-state index >= 15 is 0 Å². The predicted octanol–water partition coefficient (Wildman–Crippen LogP) is 3.48. The number of hydrogen-bond acceptors (Lipinski definition) is 5. The van der Waals surface area contributed by atoms with Crippen molar-refractivity contribution in [2.75, 3.05) is 13.1 Å². The topological polar surface area (TPSA) is 67.6 Å². The van der Waals surface area contributed by atoms with Gasteiger partial charge < -0.3 is 15.8 Å². The zero-order chi connectivity index (χ0) is 21.6. The van der Waals surface area contributed by atoms with Gasteiger partial charge >= 0.3 is 5.97 Å². The molecule has 0 amide bonds. The van der Waals surface area contributed by atoms with Gasteiger partial charge in [-0.1, -0.05) is 60.7 Å². The number of nitrogens with one attached hydrogen (secondary N) is 1. The first-order chi connectivity index (χ1) is 14.3. The highest BCUT2D eigenvalue weighted by Gasteiger charge is 2.44. The first-order valence-electron chi connectivity index (χ1n) is 10.8. The maximum atomic E-state index is 12.8. The predicted molar refractivity (Wildman–Crippen MR) is 121 cm³/mol. The van der Waals surface area contributed by atoms with Crippen molar-refractivity contribution in [1.29, 1.82) is 0 Å². The van der Waals surface area contributed by atoms with Crippen molar-refractivity contribution in [3.63, 3.8) is 0 Å². The molecule has 0 spiro atoms. The molecule has 0 aliphatic carbocycles. The number of rotatable bonds is 7. The standard InChI is InChI=1S/C25H35N3O2/c1-24(2,3)30-23(29)22(26)25(27-18-20-10-6-4-7-11-20)14-16-28(17-15-25)19-21-12-8-5-9-13-21/h4-13,22,27H,14-19,26H2,1-3H3. The van der Waals surface area contributed by atoms with Crippen molar-refractivity contribution < 1.29 is 9.53 Å². The Morgan fingerprint density at radius 3 is 2.10 bits per heavy atom. The number of piperidine rings is 1. The number of nitrogens with two attached hydrogens (primary N) is 1. The minimum atomic E-state index is -0.709. The van der Waals surface area contributed by atoms with Crippen LogP contribution in [0.15, 0.2) is 60.7 Å². The van der Waals surface area contributed by atoms with Crippen LogP contribution in [0.25, 0.3) is 0 Å². The summed E-state index contributed by atoms with van der Waals surface area (Å²) in [7, 11) is 0. The van der Waals surface area contributed by atoms with Crippen LogP contribution in [-0.2, 0) is 22.6 Å². The molecule has 3 rings (SSSR count). The number of benzene rings is 2. The zero-order valence-electron chi connectivity index (χ0n) is 18.4. The van der Waals surface area contributed by atoms with Crippen LogP contribution < -0.4 is 11.1 Å². The summed E-state index contributed by atoms with van der Waals surface area (Å²) in [6, 6.07) is 20.0. The lowest BCUT2D eigenvalue weighted by atomic mass is 9.80. The van der Waals surface area contributed by atoms with Crippen LogP contribution in [0.4, 0.5) is 0 Å². The SMILES string of the molecule is CC(C)(C)OC(=O)C(N)C1(NCc2ccccc2)CCN(Cc2ccccc2)CC1. The van der Waals surface area contributed by atoms with Gasteiger partial charge in [0.1, 0.15) is 11.6 Å². The molecule has 0 bridgehead atoms. The minimum absolute atomic E-state index is 0.334. The smallest absolute Gasteiger partial charge is 0.325 e. The lowest BCUT2D eigenvalue weighted by Crippen LogP contribution is -2.65. The maximum absolute atomic E-state index is 12.8. The van der Waals surface area contributed by atoms with Crippen LogP contribution in [0.5, 0.6) is 0 Å². The van der Waals surface area contributed by atoms with E-state index in [2.05, 4.69) is 46.6 Å². The summed E-state index contributed by atoms with van der Waals surface area (Å²) in [6.45, 7) is 8.99. The second-order valence-corrected chi connectivity index (χ2v) is 9.27. The highest BCUT2D eigenvalue weighted by atomic mass is 16.6. The molecule has 3 N–H and O–H groups in total. The van der Waals surface area contributed by atoms with Crippen LogP contribution in [0.2, 0.25) is 0 Å². The van der Waals surface area contributed by atoms with E-state index in [0.29, 0.717) is 6.54 Å². The van der Waals surface area contributed by atoms with E-state index < -0.39 is 17.2 Å². The fourth-order valence-corrected chi connectivity index (χ4v) is 4.01. The Balaban J connectivity index is 1.70. The summed E-state index contributed by atoms with van der Waals surface area (Å²) >= 11 is 0. The van der Waals surface area contributed by atoms with Gasteiger partial charge in [-0.3, -0.25) is 9.69 Å². The third kappa shape index (κ3) is 6.14. The molecular formula is C25H35N3O2. The number of hydrogen-bond donors (Lipinski definition) is 2. The Kier molecular flexibility index (Phi) is 7.29. The molecule has 1 atom stereocenters. The number of esters is 1. The van der Waals surface area contributed by atoms with Crippen molar-refractivity contribution in [3.8, 4) is 0 Å². The molecule has 30 heavy (non-hydrogen) atoms. The van der Waals surface area contributed by atoms with Crippen LogP contribution in [0, 0.1) is 0 Å². The fraction of sp³-hybridized carbons (Fsp3) is 0.480. The number of carbonyl (C=O) groups excluding carboxylic acids is 1. The minimum Gasteiger partial charge on any atom is -0.459 e. The highest BCUT2D eigenvalue weighted by Crippen LogP contribution is 2.28. The van der Waals surface area contributed by atoms with Crippen LogP contribution in [0.1, 0.15) is 44.7 Å². The number of carbonyl (C=O) groups is 1.